The fraction of sp³-hybridized carbons (Fsp3) is 0.100. The summed E-state index contributed by atoms with van der Waals surface area (Å²) in [6, 6.07) is 3.74. The van der Waals surface area contributed by atoms with E-state index >= 15 is 0 Å². The summed E-state index contributed by atoms with van der Waals surface area (Å²) in [5.41, 5.74) is 7.34. The number of nitrogens with zero attached hydrogens (tertiary/aromatic N) is 3. The van der Waals surface area contributed by atoms with Crippen LogP contribution < -0.4 is 5.73 Å². The first-order valence-electron chi connectivity index (χ1n) is 4.31. The maximum Gasteiger partial charge on any atom is 0.159 e. The summed E-state index contributed by atoms with van der Waals surface area (Å²) in [4.78, 5) is 12.3. The minimum absolute atomic E-state index is 0.469. The van der Waals surface area contributed by atoms with E-state index in [1.165, 1.54) is 0 Å². The van der Waals surface area contributed by atoms with Crippen molar-refractivity contribution >= 4 is 0 Å². The van der Waals surface area contributed by atoms with Gasteiger partial charge < -0.3 is 5.73 Å². The summed E-state index contributed by atoms with van der Waals surface area (Å²) in [5, 5.41) is 0. The van der Waals surface area contributed by atoms with Gasteiger partial charge in [-0.3, -0.25) is 4.98 Å². The van der Waals surface area contributed by atoms with E-state index in [0.29, 0.717) is 12.4 Å². The second-order valence-corrected chi connectivity index (χ2v) is 2.85. The summed E-state index contributed by atoms with van der Waals surface area (Å²) < 4.78 is 0. The highest BCUT2D eigenvalue weighted by Gasteiger charge is 1.99. The number of aromatic nitrogens is 3. The van der Waals surface area contributed by atoms with Crippen molar-refractivity contribution in [3.63, 3.8) is 0 Å². The molecule has 0 radical (unpaired) electrons. The van der Waals surface area contributed by atoms with E-state index in [9.17, 15) is 0 Å². The average molecular weight is 186 g/mol. The normalized spacial score (nSPS) is 10.1. The number of hydrogen-bond donors (Lipinski definition) is 1. The third-order valence-corrected chi connectivity index (χ3v) is 1.88. The van der Waals surface area contributed by atoms with Gasteiger partial charge in [0.15, 0.2) is 5.82 Å². The van der Waals surface area contributed by atoms with Crippen LogP contribution in [-0.4, -0.2) is 15.0 Å². The lowest BCUT2D eigenvalue weighted by Gasteiger charge is -1.99. The zero-order valence-corrected chi connectivity index (χ0v) is 7.59. The van der Waals surface area contributed by atoms with E-state index in [-0.39, 0.29) is 0 Å². The Morgan fingerprint density at radius 2 is 1.71 bits per heavy atom. The number of pyridine rings is 1. The summed E-state index contributed by atoms with van der Waals surface area (Å²) in [7, 11) is 0. The zero-order chi connectivity index (χ0) is 9.80. The van der Waals surface area contributed by atoms with Crippen LogP contribution in [0.15, 0.2) is 36.9 Å². The Labute approximate surface area is 81.9 Å². The molecule has 70 valence electrons. The molecule has 2 aromatic heterocycles. The van der Waals surface area contributed by atoms with Crippen molar-refractivity contribution in [1.82, 2.24) is 15.0 Å². The smallest absolute Gasteiger partial charge is 0.159 e. The largest absolute Gasteiger partial charge is 0.326 e. The molecule has 2 N–H and O–H groups in total. The van der Waals surface area contributed by atoms with Crippen LogP contribution in [0.5, 0.6) is 0 Å². The standard InChI is InChI=1S/C10H10N4/c11-5-8-6-13-10(14-7-8)9-1-3-12-4-2-9/h1-4,6-7H,5,11H2. The van der Waals surface area contributed by atoms with Crippen molar-refractivity contribution in [2.75, 3.05) is 0 Å². The van der Waals surface area contributed by atoms with Gasteiger partial charge in [-0.25, -0.2) is 9.97 Å². The molecular formula is C10H10N4. The quantitative estimate of drug-likeness (QED) is 0.759. The van der Waals surface area contributed by atoms with E-state index in [4.69, 9.17) is 5.73 Å². The summed E-state index contributed by atoms with van der Waals surface area (Å²) in [6.07, 6.45) is 6.91. The molecule has 0 saturated heterocycles. The number of rotatable bonds is 2. The maximum absolute atomic E-state index is 5.45. The first-order chi connectivity index (χ1) is 6.90. The van der Waals surface area contributed by atoms with Gasteiger partial charge in [0.25, 0.3) is 0 Å². The van der Waals surface area contributed by atoms with E-state index < -0.39 is 0 Å². The van der Waals surface area contributed by atoms with Gasteiger partial charge in [-0.2, -0.15) is 0 Å². The first kappa shape index (κ1) is 8.77. The maximum atomic E-state index is 5.45. The van der Waals surface area contributed by atoms with Gasteiger partial charge in [0, 0.05) is 42.5 Å². The van der Waals surface area contributed by atoms with Crippen molar-refractivity contribution in [2.45, 2.75) is 6.54 Å². The van der Waals surface area contributed by atoms with Crippen LogP contribution >= 0.6 is 0 Å². The van der Waals surface area contributed by atoms with Gasteiger partial charge in [0.05, 0.1) is 0 Å². The highest BCUT2D eigenvalue weighted by Crippen LogP contribution is 2.11. The molecule has 0 aliphatic heterocycles. The Kier molecular flexibility index (Phi) is 2.46. The monoisotopic (exact) mass is 186 g/mol. The van der Waals surface area contributed by atoms with Gasteiger partial charge in [-0.15, -0.1) is 0 Å². The first-order valence-corrected chi connectivity index (χ1v) is 4.31. The van der Waals surface area contributed by atoms with Crippen LogP contribution in [0.2, 0.25) is 0 Å². The van der Waals surface area contributed by atoms with Crippen LogP contribution in [0.3, 0.4) is 0 Å². The fourth-order valence-corrected chi connectivity index (χ4v) is 1.11. The zero-order valence-electron chi connectivity index (χ0n) is 7.59. The molecular weight excluding hydrogens is 176 g/mol. The minimum atomic E-state index is 0.469. The molecule has 2 aromatic rings. The number of hydrogen-bond acceptors (Lipinski definition) is 4. The predicted molar refractivity (Wildman–Crippen MR) is 53.2 cm³/mol. The number of nitrogens with two attached hydrogens (primary N) is 1. The second kappa shape index (κ2) is 3.93. The van der Waals surface area contributed by atoms with Crippen LogP contribution in [-0.2, 0) is 6.54 Å². The second-order valence-electron chi connectivity index (χ2n) is 2.85. The molecule has 0 aliphatic carbocycles. The highest BCUT2D eigenvalue weighted by atomic mass is 14.9. The predicted octanol–water partition coefficient (Wildman–Crippen LogP) is 0.997. The van der Waals surface area contributed by atoms with Gasteiger partial charge >= 0.3 is 0 Å². The third kappa shape index (κ3) is 1.75. The lowest BCUT2D eigenvalue weighted by molar-refractivity contribution is 1.01. The molecule has 0 amide bonds. The molecule has 0 aliphatic rings. The van der Waals surface area contributed by atoms with E-state index in [0.717, 1.165) is 11.1 Å². The third-order valence-electron chi connectivity index (χ3n) is 1.88. The van der Waals surface area contributed by atoms with Crippen LogP contribution in [0, 0.1) is 0 Å². The van der Waals surface area contributed by atoms with E-state index in [1.54, 1.807) is 24.8 Å². The van der Waals surface area contributed by atoms with E-state index in [2.05, 4.69) is 15.0 Å². The van der Waals surface area contributed by atoms with Crippen molar-refractivity contribution in [3.05, 3.63) is 42.5 Å². The van der Waals surface area contributed by atoms with Crippen LogP contribution in [0.1, 0.15) is 5.56 Å². The van der Waals surface area contributed by atoms with Crippen molar-refractivity contribution in [3.8, 4) is 11.4 Å². The topological polar surface area (TPSA) is 64.7 Å². The van der Waals surface area contributed by atoms with Crippen molar-refractivity contribution < 1.29 is 0 Å². The molecule has 0 fully saturated rings. The Morgan fingerprint density at radius 1 is 1.07 bits per heavy atom. The van der Waals surface area contributed by atoms with Crippen LogP contribution in [0.4, 0.5) is 0 Å². The Bertz CT molecular complexity index is 396. The fourth-order valence-electron chi connectivity index (χ4n) is 1.11. The lowest BCUT2D eigenvalue weighted by Crippen LogP contribution is -1.98. The molecule has 2 rings (SSSR count). The molecule has 0 unspecified atom stereocenters. The Balaban J connectivity index is 2.34. The van der Waals surface area contributed by atoms with Gasteiger partial charge in [0.2, 0.25) is 0 Å². The van der Waals surface area contributed by atoms with Crippen molar-refractivity contribution in [1.29, 1.82) is 0 Å². The van der Waals surface area contributed by atoms with Gasteiger partial charge in [0.1, 0.15) is 0 Å². The molecule has 0 spiro atoms. The molecule has 0 bridgehead atoms. The summed E-state index contributed by atoms with van der Waals surface area (Å²) in [6.45, 7) is 0.469. The lowest BCUT2D eigenvalue weighted by atomic mass is 10.2. The SMILES string of the molecule is NCc1cnc(-c2ccncc2)nc1. The molecule has 14 heavy (non-hydrogen) atoms. The molecule has 4 heteroatoms. The van der Waals surface area contributed by atoms with Crippen LogP contribution in [0.25, 0.3) is 11.4 Å². The minimum Gasteiger partial charge on any atom is -0.326 e. The van der Waals surface area contributed by atoms with Gasteiger partial charge in [-0.1, -0.05) is 0 Å². The Morgan fingerprint density at radius 3 is 2.29 bits per heavy atom. The molecule has 4 nitrogen and oxygen atoms in total. The molecule has 0 saturated carbocycles. The molecule has 0 aromatic carbocycles. The molecule has 0 atom stereocenters. The summed E-state index contributed by atoms with van der Waals surface area (Å²) >= 11 is 0. The van der Waals surface area contributed by atoms with Crippen molar-refractivity contribution in [2.24, 2.45) is 5.73 Å². The summed E-state index contributed by atoms with van der Waals surface area (Å²) in [5.74, 6) is 0.699. The average Bonchev–Trinajstić information content (AvgIpc) is 2.30. The Hall–Kier alpha value is -1.81. The van der Waals surface area contributed by atoms with Gasteiger partial charge in [-0.05, 0) is 12.1 Å². The van der Waals surface area contributed by atoms with E-state index in [1.807, 2.05) is 12.1 Å². The highest BCUT2D eigenvalue weighted by molar-refractivity contribution is 5.53. The molecule has 2 heterocycles.